The molecule has 1 N–H and O–H groups in total. The summed E-state index contributed by atoms with van der Waals surface area (Å²) in [5.41, 5.74) is 0. The average molecular weight is 198 g/mol. The van der Waals surface area contributed by atoms with E-state index in [0.29, 0.717) is 13.1 Å². The predicted octanol–water partition coefficient (Wildman–Crippen LogP) is 0.241. The molecule has 0 aromatic rings. The Morgan fingerprint density at radius 3 is 2.43 bits per heavy atom. The number of likely N-dealkylation sites (tertiary alicyclic amines) is 1. The Morgan fingerprint density at radius 1 is 1.43 bits per heavy atom. The lowest BCUT2D eigenvalue weighted by Crippen LogP contribution is -2.52. The number of amides is 1. The molecule has 1 aliphatic rings. The number of allylic oxidation sites excluding steroid dienone is 1. The summed E-state index contributed by atoms with van der Waals surface area (Å²) in [4.78, 5) is 24.8. The maximum atomic E-state index is 11.4. The molecule has 0 aromatic heterocycles. The van der Waals surface area contributed by atoms with Crippen LogP contribution in [0.25, 0.3) is 0 Å². The van der Waals surface area contributed by atoms with Crippen LogP contribution < -0.4 is 0 Å². The molecule has 5 nitrogen and oxygen atoms in total. The van der Waals surface area contributed by atoms with Crippen molar-refractivity contribution in [1.29, 1.82) is 0 Å². The number of nitrogens with zero attached hydrogens (tertiary/aromatic N) is 2. The van der Waals surface area contributed by atoms with E-state index in [1.54, 1.807) is 11.1 Å². The van der Waals surface area contributed by atoms with E-state index in [-0.39, 0.29) is 11.7 Å². The highest BCUT2D eigenvalue weighted by molar-refractivity contribution is 5.93. The van der Waals surface area contributed by atoms with Crippen LogP contribution in [-0.4, -0.2) is 54.0 Å². The number of carbonyl (C=O) groups is 2. The predicted molar refractivity (Wildman–Crippen MR) is 50.9 cm³/mol. The van der Waals surface area contributed by atoms with Gasteiger partial charge in [0.05, 0.1) is 5.92 Å². The van der Waals surface area contributed by atoms with Gasteiger partial charge in [0.15, 0.2) is 5.78 Å². The van der Waals surface area contributed by atoms with Crippen LogP contribution in [0.5, 0.6) is 0 Å². The minimum Gasteiger partial charge on any atom is -0.465 e. The highest BCUT2D eigenvalue weighted by Crippen LogP contribution is 2.16. The van der Waals surface area contributed by atoms with Gasteiger partial charge in [0.1, 0.15) is 0 Å². The molecule has 0 unspecified atom stereocenters. The van der Waals surface area contributed by atoms with Crippen molar-refractivity contribution in [3.8, 4) is 0 Å². The second kappa shape index (κ2) is 4.13. The van der Waals surface area contributed by atoms with Crippen molar-refractivity contribution in [2.24, 2.45) is 5.92 Å². The van der Waals surface area contributed by atoms with E-state index in [1.807, 2.05) is 14.1 Å². The molecular formula is C9H14N2O3. The number of hydrogen-bond donors (Lipinski definition) is 1. The third-order valence-electron chi connectivity index (χ3n) is 2.09. The molecule has 1 heterocycles. The van der Waals surface area contributed by atoms with Gasteiger partial charge in [-0.05, 0) is 6.08 Å². The minimum absolute atomic E-state index is 0.00352. The van der Waals surface area contributed by atoms with E-state index >= 15 is 0 Å². The molecular weight excluding hydrogens is 184 g/mol. The number of rotatable bonds is 3. The monoisotopic (exact) mass is 198 g/mol. The first-order chi connectivity index (χ1) is 6.50. The molecule has 1 saturated heterocycles. The SMILES string of the molecule is CN(C)C=CC(=O)C1CN(C(=O)O)C1. The van der Waals surface area contributed by atoms with Crippen LogP contribution in [-0.2, 0) is 4.79 Å². The molecule has 78 valence electrons. The van der Waals surface area contributed by atoms with E-state index in [4.69, 9.17) is 5.11 Å². The van der Waals surface area contributed by atoms with Gasteiger partial charge < -0.3 is 14.9 Å². The highest BCUT2D eigenvalue weighted by Gasteiger charge is 2.34. The van der Waals surface area contributed by atoms with Gasteiger partial charge in [-0.1, -0.05) is 0 Å². The molecule has 0 saturated carbocycles. The van der Waals surface area contributed by atoms with Crippen molar-refractivity contribution in [3.63, 3.8) is 0 Å². The zero-order chi connectivity index (χ0) is 10.7. The first kappa shape index (κ1) is 10.6. The normalized spacial score (nSPS) is 16.9. The number of carboxylic acid groups (broad SMARTS) is 1. The fourth-order valence-electron chi connectivity index (χ4n) is 1.17. The summed E-state index contributed by atoms with van der Waals surface area (Å²) in [5, 5.41) is 8.54. The van der Waals surface area contributed by atoms with Crippen LogP contribution >= 0.6 is 0 Å². The first-order valence-corrected chi connectivity index (χ1v) is 4.37. The van der Waals surface area contributed by atoms with Gasteiger partial charge in [-0.15, -0.1) is 0 Å². The number of ketones is 1. The molecule has 5 heteroatoms. The molecule has 0 bridgehead atoms. The Bertz CT molecular complexity index is 267. The molecule has 0 radical (unpaired) electrons. The third kappa shape index (κ3) is 2.48. The molecule has 14 heavy (non-hydrogen) atoms. The molecule has 1 fully saturated rings. The standard InChI is InChI=1S/C9H14N2O3/c1-10(2)4-3-8(12)7-5-11(6-7)9(13)14/h3-4,7H,5-6H2,1-2H3,(H,13,14). The third-order valence-corrected chi connectivity index (χ3v) is 2.09. The van der Waals surface area contributed by atoms with Crippen molar-refractivity contribution in [2.75, 3.05) is 27.2 Å². The van der Waals surface area contributed by atoms with Gasteiger partial charge in [0.25, 0.3) is 0 Å². The molecule has 1 aliphatic heterocycles. The smallest absolute Gasteiger partial charge is 0.407 e. The Hall–Kier alpha value is -1.52. The maximum Gasteiger partial charge on any atom is 0.407 e. The van der Waals surface area contributed by atoms with Crippen molar-refractivity contribution in [3.05, 3.63) is 12.3 Å². The average Bonchev–Trinajstić information content (AvgIpc) is 1.97. The molecule has 0 aromatic carbocycles. The van der Waals surface area contributed by atoms with Gasteiger partial charge >= 0.3 is 6.09 Å². The van der Waals surface area contributed by atoms with Crippen molar-refractivity contribution < 1.29 is 14.7 Å². The summed E-state index contributed by atoms with van der Waals surface area (Å²) in [7, 11) is 3.65. The fourth-order valence-corrected chi connectivity index (χ4v) is 1.17. The largest absolute Gasteiger partial charge is 0.465 e. The Labute approximate surface area is 82.6 Å². The topological polar surface area (TPSA) is 60.9 Å². The van der Waals surface area contributed by atoms with E-state index in [2.05, 4.69) is 0 Å². The lowest BCUT2D eigenvalue weighted by Gasteiger charge is -2.35. The highest BCUT2D eigenvalue weighted by atomic mass is 16.4. The fraction of sp³-hybridized carbons (Fsp3) is 0.556. The Morgan fingerprint density at radius 2 is 2.00 bits per heavy atom. The van der Waals surface area contributed by atoms with Crippen LogP contribution in [0.4, 0.5) is 4.79 Å². The van der Waals surface area contributed by atoms with Crippen LogP contribution in [0.15, 0.2) is 12.3 Å². The van der Waals surface area contributed by atoms with Gasteiger partial charge in [-0.3, -0.25) is 4.79 Å². The van der Waals surface area contributed by atoms with E-state index in [9.17, 15) is 9.59 Å². The van der Waals surface area contributed by atoms with Crippen LogP contribution in [0.3, 0.4) is 0 Å². The molecule has 1 rings (SSSR count). The van der Waals surface area contributed by atoms with Crippen LogP contribution in [0, 0.1) is 5.92 Å². The summed E-state index contributed by atoms with van der Waals surface area (Å²) in [6, 6.07) is 0. The second-order valence-corrected chi connectivity index (χ2v) is 3.57. The molecule has 0 spiro atoms. The van der Waals surface area contributed by atoms with Crippen LogP contribution in [0.2, 0.25) is 0 Å². The Balaban J connectivity index is 2.33. The van der Waals surface area contributed by atoms with E-state index in [0.717, 1.165) is 0 Å². The maximum absolute atomic E-state index is 11.4. The number of carbonyl (C=O) groups excluding carboxylic acids is 1. The summed E-state index contributed by atoms with van der Waals surface area (Å²) in [6.45, 7) is 0.651. The minimum atomic E-state index is -0.953. The summed E-state index contributed by atoms with van der Waals surface area (Å²) in [5.74, 6) is -0.154. The molecule has 1 amide bonds. The van der Waals surface area contributed by atoms with Gasteiger partial charge in [-0.25, -0.2) is 4.79 Å². The van der Waals surface area contributed by atoms with E-state index in [1.165, 1.54) is 11.0 Å². The summed E-state index contributed by atoms with van der Waals surface area (Å²) >= 11 is 0. The molecule has 0 atom stereocenters. The van der Waals surface area contributed by atoms with Crippen LogP contribution in [0.1, 0.15) is 0 Å². The zero-order valence-electron chi connectivity index (χ0n) is 8.30. The van der Waals surface area contributed by atoms with Crippen molar-refractivity contribution in [2.45, 2.75) is 0 Å². The Kier molecular flexibility index (Phi) is 3.11. The van der Waals surface area contributed by atoms with Gasteiger partial charge in [0.2, 0.25) is 0 Å². The van der Waals surface area contributed by atoms with Crippen molar-refractivity contribution >= 4 is 11.9 Å². The van der Waals surface area contributed by atoms with Gasteiger partial charge in [0, 0.05) is 33.4 Å². The number of hydrogen-bond acceptors (Lipinski definition) is 3. The quantitative estimate of drug-likeness (QED) is 0.660. The van der Waals surface area contributed by atoms with E-state index < -0.39 is 6.09 Å². The zero-order valence-corrected chi connectivity index (χ0v) is 8.30. The lowest BCUT2D eigenvalue weighted by atomic mass is 9.96. The summed E-state index contributed by atoms with van der Waals surface area (Å²) in [6.07, 6.45) is 2.21. The lowest BCUT2D eigenvalue weighted by molar-refractivity contribution is -0.122. The summed E-state index contributed by atoms with van der Waals surface area (Å²) < 4.78 is 0. The van der Waals surface area contributed by atoms with Gasteiger partial charge in [-0.2, -0.15) is 0 Å². The van der Waals surface area contributed by atoms with Crippen molar-refractivity contribution in [1.82, 2.24) is 9.80 Å². The molecule has 0 aliphatic carbocycles. The second-order valence-electron chi connectivity index (χ2n) is 3.57. The first-order valence-electron chi connectivity index (χ1n) is 4.37.